The fraction of sp³-hybridized carbons (Fsp3) is 0.962. The van der Waals surface area contributed by atoms with Gasteiger partial charge in [-0.05, 0) is 106 Å². The number of aliphatic hydroxyl groups excluding tert-OH is 12. The molecule has 22 heteroatoms. The SMILES string of the molecule is CC1O[C@@H](O[C@@H]2C(CO)O[C@@H](OC3CC[C@@]4(C)C(=CC[C@H]5[C@@H]6CC7OC(O)(CC[C@@H](C)CO[C@@H]8OC(CO)[C@@H](O)C(O)C8O)[C@@H](C)[C@H]7[C@@]6(C)CC[C@@H]54)C3)C(OC34OC(C)[C@H](O)C(O)C3[C@@H]4O)C2O)C(O)C(O)[C@H]1O. The Balaban J connectivity index is 0.797. The van der Waals surface area contributed by atoms with Gasteiger partial charge in [-0.1, -0.05) is 39.3 Å². The molecule has 22 nitrogen and oxygen atoms in total. The first-order valence-corrected chi connectivity index (χ1v) is 27.3. The first-order valence-electron chi connectivity index (χ1n) is 27.3. The molecule has 5 aliphatic heterocycles. The van der Waals surface area contributed by atoms with Crippen molar-refractivity contribution in [2.45, 2.75) is 240 Å². The van der Waals surface area contributed by atoms with Crippen LogP contribution in [0, 0.1) is 52.3 Å². The van der Waals surface area contributed by atoms with Crippen LogP contribution in [-0.4, -0.2) is 227 Å². The van der Waals surface area contributed by atoms with Crippen molar-refractivity contribution < 1.29 is 109 Å². The molecule has 0 aromatic carbocycles. The summed E-state index contributed by atoms with van der Waals surface area (Å²) in [5, 5.41) is 140. The van der Waals surface area contributed by atoms with Crippen molar-refractivity contribution in [2.24, 2.45) is 52.3 Å². The summed E-state index contributed by atoms with van der Waals surface area (Å²) in [5.74, 6) is -3.17. The van der Waals surface area contributed by atoms with E-state index in [0.29, 0.717) is 43.4 Å². The molecule has 424 valence electrons. The molecule has 0 aromatic heterocycles. The molecule has 32 atom stereocenters. The molecule has 9 fully saturated rings. The quantitative estimate of drug-likeness (QED) is 0.0839. The van der Waals surface area contributed by atoms with Gasteiger partial charge in [-0.25, -0.2) is 0 Å². The Morgan fingerprint density at radius 2 is 1.35 bits per heavy atom. The van der Waals surface area contributed by atoms with Gasteiger partial charge >= 0.3 is 0 Å². The van der Waals surface area contributed by atoms with E-state index < -0.39 is 153 Å². The summed E-state index contributed by atoms with van der Waals surface area (Å²) in [6.07, 6.45) is -18.1. The lowest BCUT2D eigenvalue weighted by molar-refractivity contribution is -0.387. The highest BCUT2D eigenvalue weighted by Crippen LogP contribution is 2.70. The van der Waals surface area contributed by atoms with E-state index in [1.165, 1.54) is 19.4 Å². The fourth-order valence-corrected chi connectivity index (χ4v) is 15.8. The molecule has 5 saturated heterocycles. The van der Waals surface area contributed by atoms with E-state index >= 15 is 0 Å². The van der Waals surface area contributed by atoms with Gasteiger partial charge < -0.3 is 109 Å². The summed E-state index contributed by atoms with van der Waals surface area (Å²) in [6.45, 7) is 10.7. The van der Waals surface area contributed by atoms with Gasteiger partial charge in [0.05, 0.1) is 56.3 Å². The molecule has 4 saturated carbocycles. The molecule has 0 radical (unpaired) electrons. The van der Waals surface area contributed by atoms with Crippen LogP contribution < -0.4 is 0 Å². The van der Waals surface area contributed by atoms with E-state index in [4.69, 9.17) is 42.6 Å². The Bertz CT molecular complexity index is 2000. The average molecular weight is 1060 g/mol. The Morgan fingerprint density at radius 1 is 0.676 bits per heavy atom. The highest BCUT2D eigenvalue weighted by atomic mass is 16.8. The third-order valence-corrected chi connectivity index (χ3v) is 20.4. The maximum absolute atomic E-state index is 12.2. The molecule has 10 rings (SSSR count). The van der Waals surface area contributed by atoms with E-state index in [9.17, 15) is 66.4 Å². The minimum atomic E-state index is -1.86. The van der Waals surface area contributed by atoms with Gasteiger partial charge in [-0.3, -0.25) is 0 Å². The topological polar surface area (TPSA) is 346 Å². The number of allylic oxidation sites excluding steroid dienone is 1. The first kappa shape index (κ1) is 56.1. The molecule has 16 unspecified atom stereocenters. The fourth-order valence-electron chi connectivity index (χ4n) is 15.8. The number of hydrogen-bond donors (Lipinski definition) is 13. The van der Waals surface area contributed by atoms with E-state index in [-0.39, 0.29) is 41.3 Å². The van der Waals surface area contributed by atoms with Gasteiger partial charge in [-0.2, -0.15) is 0 Å². The lowest BCUT2D eigenvalue weighted by atomic mass is 9.47. The standard InChI is InChI=1S/C52H84O22/c1-20(19-66-46-40(61)39(60)36(57)30(17-53)69-46)9-14-51(65)21(2)32-29(73-51)16-28-26-8-7-24-15-25(10-12-49(24,5)27(26)11-13-50(28,32)6)68-48-44(74-52-33(45(52)64)37(58)35(56)23(4)72-52)42(63)43(31(18-54)70-48)71-47-41(62)38(59)34(55)22(3)67-47/h7,20-23,25-48,53-65H,8-19H2,1-6H3/t20-,21+,22?,23?,25?,26-,27+,28+,29?,30?,31?,32-,33?,34+,35+,36-,37?,38?,39?,40?,41?,42?,43-,44?,45+,46-,47+,48-,49+,50+,51?,52?/m1/s1. The van der Waals surface area contributed by atoms with Crippen LogP contribution in [0.1, 0.15) is 99.3 Å². The molecule has 10 aliphatic rings. The largest absolute Gasteiger partial charge is 0.394 e. The van der Waals surface area contributed by atoms with Crippen LogP contribution in [0.4, 0.5) is 0 Å². The summed E-state index contributed by atoms with van der Waals surface area (Å²) < 4.78 is 55.3. The van der Waals surface area contributed by atoms with Crippen molar-refractivity contribution in [1.82, 2.24) is 0 Å². The van der Waals surface area contributed by atoms with Crippen LogP contribution in [0.15, 0.2) is 11.6 Å². The van der Waals surface area contributed by atoms with E-state index in [1.807, 2.05) is 6.92 Å². The second kappa shape index (κ2) is 20.8. The van der Waals surface area contributed by atoms with Crippen LogP contribution in [-0.2, 0) is 42.6 Å². The molecule has 13 N–H and O–H groups in total. The number of ether oxygens (including phenoxy) is 9. The third kappa shape index (κ3) is 9.20. The number of fused-ring (bicyclic) bond motifs is 8. The van der Waals surface area contributed by atoms with Crippen LogP contribution in [0.2, 0.25) is 0 Å². The van der Waals surface area contributed by atoms with Crippen molar-refractivity contribution in [1.29, 1.82) is 0 Å². The van der Waals surface area contributed by atoms with Gasteiger partial charge in [0, 0.05) is 12.3 Å². The number of hydrogen-bond acceptors (Lipinski definition) is 22. The summed E-state index contributed by atoms with van der Waals surface area (Å²) in [4.78, 5) is 0. The number of rotatable bonds is 14. The monoisotopic (exact) mass is 1060 g/mol. The van der Waals surface area contributed by atoms with Crippen molar-refractivity contribution in [3.8, 4) is 0 Å². The van der Waals surface area contributed by atoms with E-state index in [0.717, 1.165) is 32.1 Å². The zero-order valence-electron chi connectivity index (χ0n) is 43.2. The second-order valence-corrected chi connectivity index (χ2v) is 24.6. The van der Waals surface area contributed by atoms with Crippen molar-refractivity contribution >= 4 is 0 Å². The van der Waals surface area contributed by atoms with Gasteiger partial charge in [-0.15, -0.1) is 0 Å². The second-order valence-electron chi connectivity index (χ2n) is 24.6. The average Bonchev–Trinajstić information content (AvgIpc) is 3.67. The molecular formula is C52H84O22. The zero-order valence-corrected chi connectivity index (χ0v) is 43.2. The summed E-state index contributed by atoms with van der Waals surface area (Å²) in [6, 6.07) is 0. The maximum Gasteiger partial charge on any atom is 0.204 e. The normalized spacial score (nSPS) is 57.3. The van der Waals surface area contributed by atoms with Crippen molar-refractivity contribution in [2.75, 3.05) is 19.8 Å². The van der Waals surface area contributed by atoms with Crippen LogP contribution >= 0.6 is 0 Å². The predicted molar refractivity (Wildman–Crippen MR) is 251 cm³/mol. The Morgan fingerprint density at radius 3 is 2.07 bits per heavy atom. The van der Waals surface area contributed by atoms with Gasteiger partial charge in [0.2, 0.25) is 5.79 Å². The lowest BCUT2D eigenvalue weighted by Crippen LogP contribution is -2.66. The smallest absolute Gasteiger partial charge is 0.204 e. The first-order chi connectivity index (χ1) is 34.9. The summed E-state index contributed by atoms with van der Waals surface area (Å²) >= 11 is 0. The number of aliphatic hydroxyl groups is 13. The highest BCUT2D eigenvalue weighted by molar-refractivity contribution is 5.27. The molecule has 0 spiro atoms. The van der Waals surface area contributed by atoms with Gasteiger partial charge in [0.25, 0.3) is 0 Å². The molecule has 5 aliphatic carbocycles. The van der Waals surface area contributed by atoms with Crippen LogP contribution in [0.25, 0.3) is 0 Å². The Labute approximate surface area is 431 Å². The summed E-state index contributed by atoms with van der Waals surface area (Å²) in [5.41, 5.74) is 1.07. The summed E-state index contributed by atoms with van der Waals surface area (Å²) in [7, 11) is 0. The Hall–Kier alpha value is -1.14. The molecule has 5 heterocycles. The van der Waals surface area contributed by atoms with Crippen molar-refractivity contribution in [3.05, 3.63) is 11.6 Å². The van der Waals surface area contributed by atoms with E-state index in [1.54, 1.807) is 0 Å². The Kier molecular flexibility index (Phi) is 15.7. The van der Waals surface area contributed by atoms with Crippen LogP contribution in [0.5, 0.6) is 0 Å². The molecule has 0 bridgehead atoms. The zero-order chi connectivity index (χ0) is 53.3. The lowest BCUT2D eigenvalue weighted by Gasteiger charge is -2.58. The van der Waals surface area contributed by atoms with Crippen molar-refractivity contribution in [3.63, 3.8) is 0 Å². The third-order valence-electron chi connectivity index (χ3n) is 20.4. The molecule has 74 heavy (non-hydrogen) atoms. The molecule has 0 aromatic rings. The minimum Gasteiger partial charge on any atom is -0.394 e. The molecular weight excluding hydrogens is 977 g/mol. The maximum atomic E-state index is 12.2. The predicted octanol–water partition coefficient (Wildman–Crippen LogP) is -1.98. The van der Waals surface area contributed by atoms with Gasteiger partial charge in [0.1, 0.15) is 79.4 Å². The van der Waals surface area contributed by atoms with Crippen LogP contribution in [0.3, 0.4) is 0 Å². The highest BCUT2D eigenvalue weighted by Gasteiger charge is 2.77. The minimum absolute atomic E-state index is 0.0588. The molecule has 0 amide bonds. The van der Waals surface area contributed by atoms with E-state index in [2.05, 4.69) is 26.8 Å². The van der Waals surface area contributed by atoms with Gasteiger partial charge in [0.15, 0.2) is 24.7 Å².